The van der Waals surface area contributed by atoms with Gasteiger partial charge in [0, 0.05) is 30.1 Å². The second-order valence-electron chi connectivity index (χ2n) is 5.91. The van der Waals surface area contributed by atoms with Crippen LogP contribution in [0.2, 0.25) is 5.02 Å². The van der Waals surface area contributed by atoms with Crippen molar-refractivity contribution in [1.29, 1.82) is 0 Å². The fourth-order valence-corrected chi connectivity index (χ4v) is 3.26. The van der Waals surface area contributed by atoms with E-state index >= 15 is 0 Å². The highest BCUT2D eigenvalue weighted by Crippen LogP contribution is 2.31. The number of rotatable bonds is 4. The van der Waals surface area contributed by atoms with E-state index in [4.69, 9.17) is 17.3 Å². The van der Waals surface area contributed by atoms with Gasteiger partial charge in [0.2, 0.25) is 0 Å². The van der Waals surface area contributed by atoms with Gasteiger partial charge in [0.15, 0.2) is 0 Å². The first-order valence-electron chi connectivity index (χ1n) is 7.80. The number of hydrogen-bond donors (Lipinski definition) is 1. The number of nitrogens with two attached hydrogens (primary N) is 1. The lowest BCUT2D eigenvalue weighted by Gasteiger charge is -2.19. The summed E-state index contributed by atoms with van der Waals surface area (Å²) >= 11 is 5.92. The molecule has 1 heterocycles. The molecule has 2 aromatic rings. The van der Waals surface area contributed by atoms with Gasteiger partial charge in [-0.15, -0.1) is 0 Å². The largest absolute Gasteiger partial charge is 0.434 e. The Morgan fingerprint density at radius 2 is 1.92 bits per heavy atom. The first kappa shape index (κ1) is 17.6. The fourth-order valence-electron chi connectivity index (χ4n) is 3.09. The van der Waals surface area contributed by atoms with E-state index in [2.05, 4.69) is 4.74 Å². The maximum absolute atomic E-state index is 12.8. The molecule has 25 heavy (non-hydrogen) atoms. The Morgan fingerprint density at radius 1 is 1.20 bits per heavy atom. The van der Waals surface area contributed by atoms with E-state index < -0.39 is 12.5 Å². The lowest BCUT2D eigenvalue weighted by Crippen LogP contribution is -2.32. The van der Waals surface area contributed by atoms with E-state index in [1.807, 2.05) is 30.3 Å². The van der Waals surface area contributed by atoms with Crippen molar-refractivity contribution >= 4 is 17.5 Å². The van der Waals surface area contributed by atoms with Crippen molar-refractivity contribution in [3.8, 4) is 5.75 Å². The monoisotopic (exact) mass is 366 g/mol. The highest BCUT2D eigenvalue weighted by Gasteiger charge is 2.35. The molecule has 1 aliphatic heterocycles. The smallest absolute Gasteiger partial charge is 0.387 e. The lowest BCUT2D eigenvalue weighted by molar-refractivity contribution is -0.0502. The normalized spacial score (nSPS) is 20.1. The molecule has 4 nitrogen and oxygen atoms in total. The Bertz CT molecular complexity index is 758. The second kappa shape index (κ2) is 7.37. The molecule has 0 aromatic heterocycles. The predicted molar refractivity (Wildman–Crippen MR) is 91.1 cm³/mol. The summed E-state index contributed by atoms with van der Waals surface area (Å²) in [6, 6.07) is 13.4. The number of carbonyl (C=O) groups excluding carboxylic acids is 1. The molecule has 0 saturated carbocycles. The number of benzene rings is 2. The van der Waals surface area contributed by atoms with Crippen LogP contribution in [0.1, 0.15) is 21.8 Å². The van der Waals surface area contributed by atoms with Gasteiger partial charge in [0.25, 0.3) is 5.91 Å². The minimum atomic E-state index is -3.02. The van der Waals surface area contributed by atoms with Crippen LogP contribution in [-0.4, -0.2) is 36.5 Å². The van der Waals surface area contributed by atoms with Crippen LogP contribution in [0.25, 0.3) is 0 Å². The van der Waals surface area contributed by atoms with Gasteiger partial charge in [-0.05, 0) is 23.8 Å². The predicted octanol–water partition coefficient (Wildman–Crippen LogP) is 3.51. The molecule has 2 atom stereocenters. The third-order valence-electron chi connectivity index (χ3n) is 4.27. The van der Waals surface area contributed by atoms with Crippen LogP contribution in [0.5, 0.6) is 5.75 Å². The lowest BCUT2D eigenvalue weighted by atomic mass is 9.95. The quantitative estimate of drug-likeness (QED) is 0.901. The van der Waals surface area contributed by atoms with Gasteiger partial charge in [0.1, 0.15) is 5.75 Å². The van der Waals surface area contributed by atoms with Crippen molar-refractivity contribution < 1.29 is 18.3 Å². The summed E-state index contributed by atoms with van der Waals surface area (Å²) in [4.78, 5) is 14.4. The molecule has 1 amide bonds. The average Bonchev–Trinajstić information content (AvgIpc) is 2.98. The van der Waals surface area contributed by atoms with Crippen molar-refractivity contribution in [3.05, 3.63) is 64.7 Å². The van der Waals surface area contributed by atoms with Crippen LogP contribution >= 0.6 is 11.6 Å². The van der Waals surface area contributed by atoms with Crippen LogP contribution in [0.15, 0.2) is 48.5 Å². The standard InChI is InChI=1S/C18H17ClF2N2O2/c19-12-6-7-16(25-18(20)21)13(8-12)17(24)23-9-14(15(22)10-23)11-4-2-1-3-5-11/h1-8,14-15,18H,9-10,22H2/t14-,15+/m0/s1. The first-order chi connectivity index (χ1) is 12.0. The van der Waals surface area contributed by atoms with E-state index in [-0.39, 0.29) is 28.3 Å². The molecule has 0 radical (unpaired) electrons. The van der Waals surface area contributed by atoms with E-state index in [9.17, 15) is 13.6 Å². The molecule has 1 fully saturated rings. The van der Waals surface area contributed by atoms with Gasteiger partial charge in [-0.3, -0.25) is 4.79 Å². The van der Waals surface area contributed by atoms with Crippen molar-refractivity contribution in [2.24, 2.45) is 5.73 Å². The van der Waals surface area contributed by atoms with E-state index in [0.29, 0.717) is 13.1 Å². The van der Waals surface area contributed by atoms with Crippen LogP contribution in [0, 0.1) is 0 Å². The van der Waals surface area contributed by atoms with Crippen molar-refractivity contribution in [2.45, 2.75) is 18.6 Å². The number of ether oxygens (including phenoxy) is 1. The summed E-state index contributed by atoms with van der Waals surface area (Å²) in [6.07, 6.45) is 0. The number of halogens is 3. The van der Waals surface area contributed by atoms with E-state index in [1.54, 1.807) is 4.90 Å². The number of likely N-dealkylation sites (tertiary alicyclic amines) is 1. The van der Waals surface area contributed by atoms with Gasteiger partial charge < -0.3 is 15.4 Å². The van der Waals surface area contributed by atoms with Gasteiger partial charge >= 0.3 is 6.61 Å². The van der Waals surface area contributed by atoms with Gasteiger partial charge in [0.05, 0.1) is 5.56 Å². The minimum absolute atomic E-state index is 0.00807. The Balaban J connectivity index is 1.83. The Labute approximate surface area is 149 Å². The number of amides is 1. The van der Waals surface area contributed by atoms with Gasteiger partial charge in [-0.1, -0.05) is 41.9 Å². The zero-order valence-electron chi connectivity index (χ0n) is 13.2. The molecule has 3 rings (SSSR count). The van der Waals surface area contributed by atoms with Crippen LogP contribution < -0.4 is 10.5 Å². The van der Waals surface area contributed by atoms with Crippen molar-refractivity contribution in [1.82, 2.24) is 4.90 Å². The molecule has 1 aliphatic rings. The van der Waals surface area contributed by atoms with Gasteiger partial charge in [-0.25, -0.2) is 0 Å². The first-order valence-corrected chi connectivity index (χ1v) is 8.17. The molecule has 132 valence electrons. The SMILES string of the molecule is N[C@@H]1CN(C(=O)c2cc(Cl)ccc2OC(F)F)C[C@H]1c1ccccc1. The molecule has 0 unspecified atom stereocenters. The number of alkyl halides is 2. The molecule has 0 spiro atoms. The molecule has 1 saturated heterocycles. The maximum Gasteiger partial charge on any atom is 0.387 e. The zero-order valence-corrected chi connectivity index (χ0v) is 14.0. The highest BCUT2D eigenvalue weighted by atomic mass is 35.5. The topological polar surface area (TPSA) is 55.6 Å². The summed E-state index contributed by atoms with van der Waals surface area (Å²) in [7, 11) is 0. The zero-order chi connectivity index (χ0) is 18.0. The van der Waals surface area contributed by atoms with Crippen LogP contribution in [-0.2, 0) is 0 Å². The number of carbonyl (C=O) groups is 1. The third-order valence-corrected chi connectivity index (χ3v) is 4.50. The summed E-state index contributed by atoms with van der Waals surface area (Å²) < 4.78 is 29.6. The summed E-state index contributed by atoms with van der Waals surface area (Å²) in [5, 5.41) is 0.271. The minimum Gasteiger partial charge on any atom is -0.434 e. The van der Waals surface area contributed by atoms with Crippen molar-refractivity contribution in [2.75, 3.05) is 13.1 Å². The molecule has 2 aromatic carbocycles. The van der Waals surface area contributed by atoms with E-state index in [0.717, 1.165) is 5.56 Å². The Morgan fingerprint density at radius 3 is 2.60 bits per heavy atom. The van der Waals surface area contributed by atoms with Crippen LogP contribution in [0.4, 0.5) is 8.78 Å². The summed E-state index contributed by atoms with van der Waals surface area (Å²) in [5.41, 5.74) is 7.24. The Hall–Kier alpha value is -2.18. The fraction of sp³-hybridized carbons (Fsp3) is 0.278. The maximum atomic E-state index is 12.8. The summed E-state index contributed by atoms with van der Waals surface area (Å²) in [5.74, 6) is -0.628. The highest BCUT2D eigenvalue weighted by molar-refractivity contribution is 6.31. The van der Waals surface area contributed by atoms with Crippen molar-refractivity contribution in [3.63, 3.8) is 0 Å². The number of nitrogens with zero attached hydrogens (tertiary/aromatic N) is 1. The van der Waals surface area contributed by atoms with Gasteiger partial charge in [-0.2, -0.15) is 8.78 Å². The second-order valence-corrected chi connectivity index (χ2v) is 6.35. The molecule has 7 heteroatoms. The van der Waals surface area contributed by atoms with Crippen LogP contribution in [0.3, 0.4) is 0 Å². The Kier molecular flexibility index (Phi) is 5.20. The molecule has 2 N–H and O–H groups in total. The molecular formula is C18H17ClF2N2O2. The molecular weight excluding hydrogens is 350 g/mol. The summed E-state index contributed by atoms with van der Waals surface area (Å²) in [6.45, 7) is -2.28. The van der Waals surface area contributed by atoms with E-state index in [1.165, 1.54) is 18.2 Å². The number of hydrogen-bond acceptors (Lipinski definition) is 3. The third kappa shape index (κ3) is 3.91. The molecule has 0 bridgehead atoms. The molecule has 0 aliphatic carbocycles. The average molecular weight is 367 g/mol.